The standard InChI is InChI=1S/C17H31N3O2/c1-14(2)18-16(21)17(22)20-19-15-12-10-8-6-4-3-5-7-9-11-13-15/h14H,3-13H2,1-2H3,(H,18,21)(H,20,22). The summed E-state index contributed by atoms with van der Waals surface area (Å²) in [6.07, 6.45) is 13.1. The SMILES string of the molecule is CC(C)NC(=O)C(=O)NN=C1CCCCCCCCCCC1. The molecule has 0 spiro atoms. The van der Waals surface area contributed by atoms with E-state index in [1.54, 1.807) is 0 Å². The minimum Gasteiger partial charge on any atom is -0.346 e. The van der Waals surface area contributed by atoms with Crippen LogP contribution in [0.15, 0.2) is 5.10 Å². The molecule has 0 aromatic heterocycles. The fourth-order valence-electron chi connectivity index (χ4n) is 2.64. The van der Waals surface area contributed by atoms with Crippen LogP contribution in [0, 0.1) is 0 Å². The summed E-state index contributed by atoms with van der Waals surface area (Å²) < 4.78 is 0. The zero-order valence-corrected chi connectivity index (χ0v) is 14.1. The van der Waals surface area contributed by atoms with Gasteiger partial charge in [0.1, 0.15) is 0 Å². The Morgan fingerprint density at radius 3 is 1.73 bits per heavy atom. The molecule has 0 aromatic carbocycles. The van der Waals surface area contributed by atoms with Crippen LogP contribution in [0.25, 0.3) is 0 Å². The van der Waals surface area contributed by atoms with Gasteiger partial charge in [-0.3, -0.25) is 9.59 Å². The maximum atomic E-state index is 11.7. The average molecular weight is 309 g/mol. The zero-order chi connectivity index (χ0) is 16.2. The van der Waals surface area contributed by atoms with Gasteiger partial charge in [0.05, 0.1) is 0 Å². The average Bonchev–Trinajstić information content (AvgIpc) is 2.45. The van der Waals surface area contributed by atoms with Gasteiger partial charge < -0.3 is 5.32 Å². The Kier molecular flexibility index (Phi) is 9.51. The highest BCUT2D eigenvalue weighted by atomic mass is 16.2. The molecule has 0 heterocycles. The van der Waals surface area contributed by atoms with Crippen LogP contribution in [0.5, 0.6) is 0 Å². The van der Waals surface area contributed by atoms with Gasteiger partial charge in [0.25, 0.3) is 0 Å². The minimum absolute atomic E-state index is 0.0488. The van der Waals surface area contributed by atoms with Crippen LogP contribution >= 0.6 is 0 Å². The van der Waals surface area contributed by atoms with Gasteiger partial charge >= 0.3 is 11.8 Å². The molecule has 126 valence electrons. The molecule has 0 unspecified atom stereocenters. The fraction of sp³-hybridized carbons (Fsp3) is 0.824. The molecule has 2 N–H and O–H groups in total. The molecule has 1 saturated carbocycles. The second-order valence-electron chi connectivity index (χ2n) is 6.43. The number of amides is 2. The van der Waals surface area contributed by atoms with Crippen LogP contribution in [-0.2, 0) is 9.59 Å². The highest BCUT2D eigenvalue weighted by Crippen LogP contribution is 2.15. The molecule has 1 aliphatic carbocycles. The summed E-state index contributed by atoms with van der Waals surface area (Å²) in [7, 11) is 0. The summed E-state index contributed by atoms with van der Waals surface area (Å²) >= 11 is 0. The summed E-state index contributed by atoms with van der Waals surface area (Å²) in [5.41, 5.74) is 3.43. The van der Waals surface area contributed by atoms with Crippen molar-refractivity contribution in [1.82, 2.24) is 10.7 Å². The Morgan fingerprint density at radius 2 is 1.27 bits per heavy atom. The monoisotopic (exact) mass is 309 g/mol. The highest BCUT2D eigenvalue weighted by molar-refractivity contribution is 6.35. The van der Waals surface area contributed by atoms with E-state index >= 15 is 0 Å². The molecule has 1 rings (SSSR count). The summed E-state index contributed by atoms with van der Waals surface area (Å²) in [5, 5.41) is 6.76. The Hall–Kier alpha value is -1.39. The lowest BCUT2D eigenvalue weighted by molar-refractivity contribution is -0.139. The lowest BCUT2D eigenvalue weighted by atomic mass is 10.00. The van der Waals surface area contributed by atoms with Crippen LogP contribution in [0.2, 0.25) is 0 Å². The largest absolute Gasteiger partial charge is 0.346 e. The van der Waals surface area contributed by atoms with Crippen molar-refractivity contribution < 1.29 is 9.59 Å². The quantitative estimate of drug-likeness (QED) is 0.607. The van der Waals surface area contributed by atoms with Gasteiger partial charge in [0.2, 0.25) is 0 Å². The molecule has 2 amide bonds. The first-order valence-corrected chi connectivity index (χ1v) is 8.76. The van der Waals surface area contributed by atoms with E-state index in [-0.39, 0.29) is 6.04 Å². The van der Waals surface area contributed by atoms with Crippen molar-refractivity contribution in [2.45, 2.75) is 90.5 Å². The van der Waals surface area contributed by atoms with Crippen LogP contribution in [0.3, 0.4) is 0 Å². The Morgan fingerprint density at radius 1 is 0.818 bits per heavy atom. The summed E-state index contributed by atoms with van der Waals surface area (Å²) in [6.45, 7) is 3.65. The van der Waals surface area contributed by atoms with Crippen molar-refractivity contribution in [3.63, 3.8) is 0 Å². The molecule has 5 nitrogen and oxygen atoms in total. The first-order chi connectivity index (χ1) is 10.6. The number of hydrazone groups is 1. The second kappa shape index (κ2) is 11.2. The van der Waals surface area contributed by atoms with E-state index in [1.165, 1.54) is 44.9 Å². The van der Waals surface area contributed by atoms with Crippen molar-refractivity contribution in [3.05, 3.63) is 0 Å². The Bertz CT molecular complexity index is 364. The van der Waals surface area contributed by atoms with Crippen LogP contribution in [0.1, 0.15) is 84.5 Å². The lowest BCUT2D eigenvalue weighted by Crippen LogP contribution is -2.41. The molecule has 0 radical (unpaired) electrons. The normalized spacial score (nSPS) is 18.0. The molecule has 0 saturated heterocycles. The van der Waals surface area contributed by atoms with Crippen molar-refractivity contribution in [2.24, 2.45) is 5.10 Å². The molecular formula is C17H31N3O2. The van der Waals surface area contributed by atoms with Gasteiger partial charge in [-0.25, -0.2) is 5.43 Å². The molecular weight excluding hydrogens is 278 g/mol. The minimum atomic E-state index is -0.674. The van der Waals surface area contributed by atoms with Crippen LogP contribution in [-0.4, -0.2) is 23.6 Å². The molecule has 0 aliphatic heterocycles. The van der Waals surface area contributed by atoms with E-state index < -0.39 is 11.8 Å². The van der Waals surface area contributed by atoms with E-state index in [0.29, 0.717) is 0 Å². The van der Waals surface area contributed by atoms with E-state index in [1.807, 2.05) is 13.8 Å². The number of hydrogen-bond acceptors (Lipinski definition) is 3. The maximum Gasteiger partial charge on any atom is 0.329 e. The molecule has 0 aromatic rings. The topological polar surface area (TPSA) is 70.6 Å². The molecule has 0 atom stereocenters. The summed E-state index contributed by atoms with van der Waals surface area (Å²) in [6, 6.07) is -0.0488. The smallest absolute Gasteiger partial charge is 0.329 e. The van der Waals surface area contributed by atoms with E-state index in [9.17, 15) is 9.59 Å². The van der Waals surface area contributed by atoms with Gasteiger partial charge in [0, 0.05) is 11.8 Å². The van der Waals surface area contributed by atoms with Gasteiger partial charge in [-0.2, -0.15) is 5.10 Å². The summed E-state index contributed by atoms with van der Waals surface area (Å²) in [5.74, 6) is -1.29. The summed E-state index contributed by atoms with van der Waals surface area (Å²) in [4.78, 5) is 23.2. The number of rotatable bonds is 2. The second-order valence-corrected chi connectivity index (χ2v) is 6.43. The molecule has 22 heavy (non-hydrogen) atoms. The van der Waals surface area contributed by atoms with E-state index in [0.717, 1.165) is 31.4 Å². The van der Waals surface area contributed by atoms with Gasteiger partial charge in [-0.05, 0) is 39.5 Å². The first-order valence-electron chi connectivity index (χ1n) is 8.76. The number of hydrogen-bond donors (Lipinski definition) is 2. The Labute approximate surface area is 134 Å². The van der Waals surface area contributed by atoms with Crippen molar-refractivity contribution in [3.8, 4) is 0 Å². The number of carbonyl (C=O) groups excluding carboxylic acids is 2. The first kappa shape index (κ1) is 18.7. The van der Waals surface area contributed by atoms with Crippen LogP contribution in [0.4, 0.5) is 0 Å². The third-order valence-electron chi connectivity index (χ3n) is 3.87. The predicted octanol–water partition coefficient (Wildman–Crippen LogP) is 3.29. The Balaban J connectivity index is 2.45. The van der Waals surface area contributed by atoms with E-state index in [4.69, 9.17) is 0 Å². The van der Waals surface area contributed by atoms with Gasteiger partial charge in [-0.1, -0.05) is 44.9 Å². The third-order valence-corrected chi connectivity index (χ3v) is 3.87. The molecule has 0 bridgehead atoms. The molecule has 1 fully saturated rings. The van der Waals surface area contributed by atoms with Crippen molar-refractivity contribution >= 4 is 17.5 Å². The molecule has 1 aliphatic rings. The molecule has 5 heteroatoms. The lowest BCUT2D eigenvalue weighted by Gasteiger charge is -2.10. The highest BCUT2D eigenvalue weighted by Gasteiger charge is 2.13. The maximum absolute atomic E-state index is 11.7. The van der Waals surface area contributed by atoms with E-state index in [2.05, 4.69) is 15.8 Å². The van der Waals surface area contributed by atoms with Crippen molar-refractivity contribution in [2.75, 3.05) is 0 Å². The third kappa shape index (κ3) is 8.80. The van der Waals surface area contributed by atoms with Crippen molar-refractivity contribution in [1.29, 1.82) is 0 Å². The van der Waals surface area contributed by atoms with Gasteiger partial charge in [0.15, 0.2) is 0 Å². The predicted molar refractivity (Wildman–Crippen MR) is 89.6 cm³/mol. The number of nitrogens with one attached hydrogen (secondary N) is 2. The zero-order valence-electron chi connectivity index (χ0n) is 14.1. The van der Waals surface area contributed by atoms with Gasteiger partial charge in [-0.15, -0.1) is 0 Å². The van der Waals surface area contributed by atoms with Crippen LogP contribution < -0.4 is 10.7 Å². The fourth-order valence-corrected chi connectivity index (χ4v) is 2.64. The number of nitrogens with zero attached hydrogens (tertiary/aromatic N) is 1. The number of carbonyl (C=O) groups is 2.